The second-order valence-electron chi connectivity index (χ2n) is 10.9. The Balaban J connectivity index is 1.17. The number of rotatable bonds is 16. The van der Waals surface area contributed by atoms with Crippen molar-refractivity contribution in [3.05, 3.63) is 51.0 Å². The summed E-state index contributed by atoms with van der Waals surface area (Å²) in [5, 5.41) is 3.03. The fourth-order valence-electron chi connectivity index (χ4n) is 5.39. The van der Waals surface area contributed by atoms with Gasteiger partial charge in [-0.1, -0.05) is 11.6 Å². The lowest BCUT2D eigenvalue weighted by atomic mass is 9.80. The number of carbonyl (C=O) groups excluding carboxylic acids is 3. The average Bonchev–Trinajstić information content (AvgIpc) is 3.62. The van der Waals surface area contributed by atoms with Crippen molar-refractivity contribution in [2.45, 2.75) is 58.0 Å². The molecule has 44 heavy (non-hydrogen) atoms. The third-order valence-corrected chi connectivity index (χ3v) is 9.23. The first-order valence-electron chi connectivity index (χ1n) is 14.7. The summed E-state index contributed by atoms with van der Waals surface area (Å²) >= 11 is 1.18. The fourth-order valence-corrected chi connectivity index (χ4v) is 6.44. The van der Waals surface area contributed by atoms with Gasteiger partial charge >= 0.3 is 0 Å². The Hall–Kier alpha value is -4.06. The summed E-state index contributed by atoms with van der Waals surface area (Å²) in [5.74, 6) is 0.540. The molecular weight excluding hydrogens is 591 g/mol. The molecule has 10 nitrogen and oxygen atoms in total. The van der Waals surface area contributed by atoms with Gasteiger partial charge < -0.3 is 23.8 Å². The van der Waals surface area contributed by atoms with Crippen LogP contribution >= 0.6 is 11.3 Å². The number of Topliss-reactive ketones (excluding diaryl/α,β-unsaturated/α-hetero) is 2. The van der Waals surface area contributed by atoms with E-state index in [1.54, 1.807) is 11.0 Å². The number of methoxy groups -OCH3 is 2. The van der Waals surface area contributed by atoms with Gasteiger partial charge in [-0.15, -0.1) is 11.3 Å². The van der Waals surface area contributed by atoms with Crippen LogP contribution in [0.1, 0.15) is 65.7 Å². The number of ether oxygens (including phenoxy) is 4. The van der Waals surface area contributed by atoms with E-state index in [1.807, 2.05) is 12.1 Å². The van der Waals surface area contributed by atoms with Gasteiger partial charge in [-0.25, -0.2) is 4.39 Å². The van der Waals surface area contributed by atoms with Crippen LogP contribution in [-0.2, 0) is 22.7 Å². The van der Waals surface area contributed by atoms with E-state index in [4.69, 9.17) is 18.9 Å². The zero-order valence-corrected chi connectivity index (χ0v) is 25.6. The maximum atomic E-state index is 15.6. The lowest BCUT2D eigenvalue weighted by Gasteiger charge is -2.23. The van der Waals surface area contributed by atoms with E-state index < -0.39 is 5.82 Å². The number of benzene rings is 2. The molecule has 0 N–H and O–H groups in total. The summed E-state index contributed by atoms with van der Waals surface area (Å²) in [6.45, 7) is 1.18. The summed E-state index contributed by atoms with van der Waals surface area (Å²) in [6.07, 6.45) is 3.71. The van der Waals surface area contributed by atoms with Crippen molar-refractivity contribution in [2.24, 2.45) is 11.1 Å². The van der Waals surface area contributed by atoms with E-state index in [1.165, 1.54) is 31.6 Å². The minimum absolute atomic E-state index is 0.0402. The van der Waals surface area contributed by atoms with Gasteiger partial charge in [0.15, 0.2) is 34.6 Å². The number of carbonyl (C=O) groups is 3. The molecule has 0 spiro atoms. The summed E-state index contributed by atoms with van der Waals surface area (Å²) in [7, 11) is 2.96. The Morgan fingerprint density at radius 2 is 1.64 bits per heavy atom. The minimum atomic E-state index is -0.607. The predicted molar refractivity (Wildman–Crippen MR) is 162 cm³/mol. The Bertz CT molecular complexity index is 1570. The van der Waals surface area contributed by atoms with Gasteiger partial charge in [0.05, 0.1) is 38.9 Å². The SMILES string of the molecule is COc1cc2c(cc1OCCCOc1c(OC)cc3sc(C(=O)CCC(=O)C4CCC4)cc3c1F)CN(C(=O)CCN=O)C2. The lowest BCUT2D eigenvalue weighted by Crippen LogP contribution is -2.25. The zero-order chi connectivity index (χ0) is 31.2. The van der Waals surface area contributed by atoms with Crippen molar-refractivity contribution in [2.75, 3.05) is 34.0 Å². The number of hydrogen-bond donors (Lipinski definition) is 0. The molecule has 3 aromatic rings. The van der Waals surface area contributed by atoms with Crippen molar-refractivity contribution >= 4 is 38.9 Å². The van der Waals surface area contributed by atoms with Gasteiger partial charge in [0.25, 0.3) is 0 Å². The van der Waals surface area contributed by atoms with Crippen LogP contribution in [0.5, 0.6) is 23.0 Å². The van der Waals surface area contributed by atoms with Crippen molar-refractivity contribution in [3.8, 4) is 23.0 Å². The lowest BCUT2D eigenvalue weighted by molar-refractivity contribution is -0.131. The normalized spacial score (nSPS) is 14.2. The number of halogens is 1. The van der Waals surface area contributed by atoms with E-state index in [-0.39, 0.29) is 79.3 Å². The summed E-state index contributed by atoms with van der Waals surface area (Å²) in [4.78, 5) is 49.7. The number of thiophene rings is 1. The van der Waals surface area contributed by atoms with Crippen LogP contribution in [-0.4, -0.2) is 56.4 Å². The Morgan fingerprint density at radius 3 is 2.30 bits per heavy atom. The first-order chi connectivity index (χ1) is 21.3. The molecular formula is C32H35FN2O8S. The fraction of sp³-hybridized carbons (Fsp3) is 0.469. The van der Waals surface area contributed by atoms with E-state index >= 15 is 4.39 Å². The van der Waals surface area contributed by atoms with Crippen LogP contribution in [0.15, 0.2) is 29.4 Å². The smallest absolute Gasteiger partial charge is 0.225 e. The zero-order valence-electron chi connectivity index (χ0n) is 24.8. The molecule has 1 aromatic heterocycles. The summed E-state index contributed by atoms with van der Waals surface area (Å²) in [6, 6.07) is 6.86. The number of nitrogens with zero attached hydrogens (tertiary/aromatic N) is 2. The summed E-state index contributed by atoms with van der Waals surface area (Å²) in [5.41, 5.74) is 1.88. The highest BCUT2D eigenvalue weighted by Gasteiger charge is 2.27. The third kappa shape index (κ3) is 6.85. The molecule has 0 bridgehead atoms. The molecule has 0 radical (unpaired) electrons. The number of amides is 1. The average molecular weight is 627 g/mol. The van der Waals surface area contributed by atoms with Crippen LogP contribution in [0.4, 0.5) is 4.39 Å². The molecule has 234 valence electrons. The Morgan fingerprint density at radius 1 is 0.932 bits per heavy atom. The van der Waals surface area contributed by atoms with E-state index in [0.29, 0.717) is 40.6 Å². The van der Waals surface area contributed by atoms with Gasteiger partial charge in [0.1, 0.15) is 5.78 Å². The van der Waals surface area contributed by atoms with Gasteiger partial charge in [-0.3, -0.25) is 14.4 Å². The third-order valence-electron chi connectivity index (χ3n) is 8.11. The van der Waals surface area contributed by atoms with Gasteiger partial charge in [0.2, 0.25) is 5.91 Å². The molecule has 1 amide bonds. The second kappa shape index (κ2) is 14.1. The van der Waals surface area contributed by atoms with Crippen LogP contribution in [0.3, 0.4) is 0 Å². The second-order valence-corrected chi connectivity index (χ2v) is 12.0. The number of hydrogen-bond acceptors (Lipinski definition) is 10. The van der Waals surface area contributed by atoms with Crippen molar-refractivity contribution in [1.82, 2.24) is 4.90 Å². The van der Waals surface area contributed by atoms with E-state index in [0.717, 1.165) is 30.4 Å². The largest absolute Gasteiger partial charge is 0.493 e. The predicted octanol–water partition coefficient (Wildman–Crippen LogP) is 6.24. The highest BCUT2D eigenvalue weighted by atomic mass is 32.1. The monoisotopic (exact) mass is 626 g/mol. The van der Waals surface area contributed by atoms with Gasteiger partial charge in [-0.05, 0) is 42.2 Å². The maximum absolute atomic E-state index is 15.6. The first-order valence-corrected chi connectivity index (χ1v) is 15.5. The van der Waals surface area contributed by atoms with E-state index in [9.17, 15) is 19.3 Å². The molecule has 5 rings (SSSR count). The number of ketones is 2. The molecule has 1 fully saturated rings. The molecule has 0 unspecified atom stereocenters. The maximum Gasteiger partial charge on any atom is 0.225 e. The molecule has 1 saturated carbocycles. The van der Waals surface area contributed by atoms with Crippen LogP contribution in [0, 0.1) is 16.6 Å². The van der Waals surface area contributed by atoms with E-state index in [2.05, 4.69) is 5.18 Å². The van der Waals surface area contributed by atoms with Crippen LogP contribution in [0.25, 0.3) is 10.1 Å². The molecule has 2 aliphatic rings. The van der Waals surface area contributed by atoms with Gasteiger partial charge in [0, 0.05) is 60.8 Å². The van der Waals surface area contributed by atoms with Crippen molar-refractivity contribution in [3.63, 3.8) is 0 Å². The van der Waals surface area contributed by atoms with Crippen molar-refractivity contribution in [1.29, 1.82) is 0 Å². The highest BCUT2D eigenvalue weighted by molar-refractivity contribution is 7.20. The first kappa shape index (κ1) is 31.4. The topological polar surface area (TPSA) is 121 Å². The minimum Gasteiger partial charge on any atom is -0.493 e. The van der Waals surface area contributed by atoms with Crippen LogP contribution in [0.2, 0.25) is 0 Å². The quantitative estimate of drug-likeness (QED) is 0.104. The molecule has 2 heterocycles. The standard InChI is InChI=1S/C32H35FN2O8S/c1-40-25-13-20-17-35(30(38)9-10-34-39)18-21(20)14-26(25)42-11-4-12-43-32-27(41-2)16-28-22(31(32)33)15-29(44-28)24(37)8-7-23(36)19-5-3-6-19/h13-16,19H,3-12,17-18H2,1-2H3. The Kier molecular flexibility index (Phi) is 10.1. The summed E-state index contributed by atoms with van der Waals surface area (Å²) < 4.78 is 38.7. The highest BCUT2D eigenvalue weighted by Crippen LogP contribution is 2.41. The molecule has 0 saturated heterocycles. The molecule has 12 heteroatoms. The van der Waals surface area contributed by atoms with Crippen LogP contribution < -0.4 is 18.9 Å². The molecule has 1 aliphatic carbocycles. The molecule has 1 aliphatic heterocycles. The Labute approximate surface area is 258 Å². The van der Waals surface area contributed by atoms with Crippen molar-refractivity contribution < 1.29 is 37.7 Å². The molecule has 2 aromatic carbocycles. The number of fused-ring (bicyclic) bond motifs is 2. The molecule has 0 atom stereocenters. The number of nitroso groups, excluding NO2 is 1. The van der Waals surface area contributed by atoms with Gasteiger partial charge in [-0.2, -0.15) is 4.91 Å².